The van der Waals surface area contributed by atoms with E-state index in [1.807, 2.05) is 0 Å². The van der Waals surface area contributed by atoms with Gasteiger partial charge in [0.2, 0.25) is 0 Å². The third-order valence-corrected chi connectivity index (χ3v) is 4.03. The summed E-state index contributed by atoms with van der Waals surface area (Å²) >= 11 is 1.11. The molecule has 9 heteroatoms. The van der Waals surface area contributed by atoms with Crippen LogP contribution in [0.4, 0.5) is 23.2 Å². The van der Waals surface area contributed by atoms with Gasteiger partial charge in [-0.2, -0.15) is 0 Å². The Bertz CT molecular complexity index is 817. The Morgan fingerprint density at radius 1 is 0.962 bits per heavy atom. The quantitative estimate of drug-likeness (QED) is 0.445. The Morgan fingerprint density at radius 2 is 1.69 bits per heavy atom. The zero-order valence-corrected chi connectivity index (χ0v) is 14.0. The molecular formula is C17H13F4NO3S. The molecule has 0 aromatic heterocycles. The lowest BCUT2D eigenvalue weighted by atomic mass is 10.3. The number of esters is 1. The number of hydrogen-bond donors (Lipinski definition) is 1. The normalized spacial score (nSPS) is 10.5. The minimum Gasteiger partial charge on any atom is -0.456 e. The van der Waals surface area contributed by atoms with Gasteiger partial charge in [0.1, 0.15) is 11.6 Å². The lowest BCUT2D eigenvalue weighted by molar-refractivity contribution is -0.146. The third kappa shape index (κ3) is 6.07. The summed E-state index contributed by atoms with van der Waals surface area (Å²) in [4.78, 5) is 23.6. The fourth-order valence-electron chi connectivity index (χ4n) is 1.82. The molecule has 4 nitrogen and oxygen atoms in total. The molecule has 0 aliphatic heterocycles. The van der Waals surface area contributed by atoms with Crippen molar-refractivity contribution in [1.82, 2.24) is 0 Å². The second-order valence-electron chi connectivity index (χ2n) is 5.01. The van der Waals surface area contributed by atoms with Crippen LogP contribution >= 0.6 is 11.8 Å². The molecule has 2 aromatic rings. The average molecular weight is 387 g/mol. The molecular weight excluding hydrogens is 374 g/mol. The van der Waals surface area contributed by atoms with E-state index < -0.39 is 41.8 Å². The number of carbonyl (C=O) groups excluding carboxylic acids is 2. The van der Waals surface area contributed by atoms with Crippen molar-refractivity contribution in [3.63, 3.8) is 0 Å². The molecule has 0 atom stereocenters. The Hall–Kier alpha value is -2.55. The summed E-state index contributed by atoms with van der Waals surface area (Å²) in [6, 6.07) is 5.91. The van der Waals surface area contributed by atoms with Crippen LogP contribution in [-0.2, 0) is 14.3 Å². The third-order valence-electron chi connectivity index (χ3n) is 3.03. The minimum atomic E-state index is -0.987. The molecule has 1 N–H and O–H groups in total. The molecule has 0 spiro atoms. The number of nitrogens with one attached hydrogen (secondary N) is 1. The maximum absolute atomic E-state index is 13.4. The van der Waals surface area contributed by atoms with E-state index in [2.05, 4.69) is 5.32 Å². The number of thioether (sulfide) groups is 1. The number of anilines is 1. The smallest absolute Gasteiger partial charge is 0.307 e. The van der Waals surface area contributed by atoms with E-state index in [4.69, 9.17) is 4.74 Å². The van der Waals surface area contributed by atoms with Gasteiger partial charge in [0.15, 0.2) is 18.2 Å². The van der Waals surface area contributed by atoms with E-state index >= 15 is 0 Å². The van der Waals surface area contributed by atoms with Crippen molar-refractivity contribution >= 4 is 29.3 Å². The summed E-state index contributed by atoms with van der Waals surface area (Å²) < 4.78 is 56.9. The zero-order valence-electron chi connectivity index (χ0n) is 13.2. The molecule has 0 unspecified atom stereocenters. The topological polar surface area (TPSA) is 55.4 Å². The van der Waals surface area contributed by atoms with E-state index in [9.17, 15) is 27.2 Å². The van der Waals surface area contributed by atoms with Crippen molar-refractivity contribution in [3.05, 3.63) is 59.7 Å². The van der Waals surface area contributed by atoms with Crippen LogP contribution in [0.25, 0.3) is 0 Å². The van der Waals surface area contributed by atoms with Crippen molar-refractivity contribution in [3.8, 4) is 0 Å². The molecule has 0 aliphatic carbocycles. The second kappa shape index (κ2) is 9.23. The fourth-order valence-corrected chi connectivity index (χ4v) is 2.67. The molecule has 0 fully saturated rings. The second-order valence-corrected chi connectivity index (χ2v) is 6.18. The van der Waals surface area contributed by atoms with Gasteiger partial charge in [0.05, 0.1) is 12.1 Å². The molecule has 0 bridgehead atoms. The molecule has 138 valence electrons. The van der Waals surface area contributed by atoms with Gasteiger partial charge < -0.3 is 10.1 Å². The van der Waals surface area contributed by atoms with E-state index in [0.717, 1.165) is 42.1 Å². The molecule has 2 rings (SSSR count). The van der Waals surface area contributed by atoms with Gasteiger partial charge in [-0.25, -0.2) is 17.6 Å². The molecule has 0 radical (unpaired) electrons. The highest BCUT2D eigenvalue weighted by Gasteiger charge is 2.11. The van der Waals surface area contributed by atoms with Gasteiger partial charge in [0, 0.05) is 16.7 Å². The summed E-state index contributed by atoms with van der Waals surface area (Å²) in [6.07, 6.45) is -0.0781. The Morgan fingerprint density at radius 3 is 2.42 bits per heavy atom. The van der Waals surface area contributed by atoms with Gasteiger partial charge in [-0.1, -0.05) is 0 Å². The van der Waals surface area contributed by atoms with Gasteiger partial charge >= 0.3 is 5.97 Å². The Kier molecular flexibility index (Phi) is 7.02. The summed E-state index contributed by atoms with van der Waals surface area (Å²) in [5.41, 5.74) is -0.361. The van der Waals surface area contributed by atoms with Crippen molar-refractivity contribution in [1.29, 1.82) is 0 Å². The lowest BCUT2D eigenvalue weighted by Crippen LogP contribution is -2.21. The molecule has 0 saturated heterocycles. The molecule has 2 aromatic carbocycles. The molecule has 0 heterocycles. The highest BCUT2D eigenvalue weighted by molar-refractivity contribution is 7.99. The standard InChI is InChI=1S/C17H13F4NO3S/c18-10-1-3-13(20)15(7-10)22-16(23)9-25-17(24)5-6-26-11-2-4-12(19)14(21)8-11/h1-4,7-8H,5-6,9H2,(H,22,23). The highest BCUT2D eigenvalue weighted by atomic mass is 32.2. The molecule has 0 saturated carbocycles. The van der Waals surface area contributed by atoms with Crippen LogP contribution in [-0.4, -0.2) is 24.2 Å². The first-order valence-electron chi connectivity index (χ1n) is 7.33. The van der Waals surface area contributed by atoms with Crippen LogP contribution in [0.3, 0.4) is 0 Å². The van der Waals surface area contributed by atoms with Crippen LogP contribution in [0.5, 0.6) is 0 Å². The number of amides is 1. The van der Waals surface area contributed by atoms with Crippen molar-refractivity contribution < 1.29 is 31.9 Å². The molecule has 1 amide bonds. The largest absolute Gasteiger partial charge is 0.456 e. The first kappa shape index (κ1) is 19.8. The van der Waals surface area contributed by atoms with Crippen molar-refractivity contribution in [2.45, 2.75) is 11.3 Å². The summed E-state index contributed by atoms with van der Waals surface area (Å²) in [5.74, 6) is -4.80. The zero-order chi connectivity index (χ0) is 19.1. The van der Waals surface area contributed by atoms with Crippen LogP contribution < -0.4 is 5.32 Å². The number of hydrogen-bond acceptors (Lipinski definition) is 4. The maximum atomic E-state index is 13.4. The van der Waals surface area contributed by atoms with Gasteiger partial charge in [-0.3, -0.25) is 9.59 Å². The predicted molar refractivity (Wildman–Crippen MR) is 87.6 cm³/mol. The van der Waals surface area contributed by atoms with Gasteiger partial charge in [-0.05, 0) is 30.3 Å². The number of carbonyl (C=O) groups is 2. The first-order chi connectivity index (χ1) is 12.3. The van der Waals surface area contributed by atoms with Crippen LogP contribution in [0, 0.1) is 23.3 Å². The average Bonchev–Trinajstić information content (AvgIpc) is 2.59. The number of ether oxygens (including phenoxy) is 1. The summed E-state index contributed by atoms with van der Waals surface area (Å²) in [6.45, 7) is -0.662. The predicted octanol–water partition coefficient (Wildman–Crippen LogP) is 3.91. The molecule has 0 aliphatic rings. The first-order valence-corrected chi connectivity index (χ1v) is 8.32. The SMILES string of the molecule is O=C(COC(=O)CCSc1ccc(F)c(F)c1)Nc1cc(F)ccc1F. The Balaban J connectivity index is 1.71. The highest BCUT2D eigenvalue weighted by Crippen LogP contribution is 2.21. The fraction of sp³-hybridized carbons (Fsp3) is 0.176. The monoisotopic (exact) mass is 387 g/mol. The lowest BCUT2D eigenvalue weighted by Gasteiger charge is -2.07. The maximum Gasteiger partial charge on any atom is 0.307 e. The van der Waals surface area contributed by atoms with E-state index in [1.165, 1.54) is 6.07 Å². The van der Waals surface area contributed by atoms with E-state index in [-0.39, 0.29) is 17.9 Å². The Labute approximate surface area is 150 Å². The summed E-state index contributed by atoms with van der Waals surface area (Å²) in [5, 5.41) is 2.09. The minimum absolute atomic E-state index is 0.0781. The van der Waals surface area contributed by atoms with E-state index in [1.54, 1.807) is 0 Å². The number of halogens is 4. The van der Waals surface area contributed by atoms with Crippen molar-refractivity contribution in [2.75, 3.05) is 17.7 Å². The summed E-state index contributed by atoms with van der Waals surface area (Å²) in [7, 11) is 0. The number of rotatable bonds is 7. The van der Waals surface area contributed by atoms with Gasteiger partial charge in [-0.15, -0.1) is 11.8 Å². The van der Waals surface area contributed by atoms with Crippen molar-refractivity contribution in [2.24, 2.45) is 0 Å². The number of benzene rings is 2. The van der Waals surface area contributed by atoms with Crippen LogP contribution in [0.15, 0.2) is 41.3 Å². The molecule has 26 heavy (non-hydrogen) atoms. The van der Waals surface area contributed by atoms with Crippen LogP contribution in [0.1, 0.15) is 6.42 Å². The van der Waals surface area contributed by atoms with E-state index in [0.29, 0.717) is 4.90 Å². The van der Waals surface area contributed by atoms with Crippen LogP contribution in [0.2, 0.25) is 0 Å². The van der Waals surface area contributed by atoms with Gasteiger partial charge in [0.25, 0.3) is 5.91 Å².